The van der Waals surface area contributed by atoms with E-state index in [0.29, 0.717) is 0 Å². The van der Waals surface area contributed by atoms with E-state index in [2.05, 4.69) is 29.8 Å². The van der Waals surface area contributed by atoms with E-state index in [1.807, 2.05) is 0 Å². The summed E-state index contributed by atoms with van der Waals surface area (Å²) in [5.74, 6) is 0. The molecule has 0 unspecified atom stereocenters. The zero-order valence-corrected chi connectivity index (χ0v) is 11.3. The van der Waals surface area contributed by atoms with Gasteiger partial charge in [0.2, 0.25) is 0 Å². The first-order valence-electron chi connectivity index (χ1n) is 7.04. The number of hydrogen-bond acceptors (Lipinski definition) is 3. The van der Waals surface area contributed by atoms with Gasteiger partial charge in [0.05, 0.1) is 0 Å². The number of nitrogens with one attached hydrogen (secondary N) is 3. The molecule has 3 N–H and O–H groups in total. The van der Waals surface area contributed by atoms with Crippen LogP contribution in [0, 0.1) is 0 Å². The predicted molar refractivity (Wildman–Crippen MR) is 73.0 cm³/mol. The van der Waals surface area contributed by atoms with Gasteiger partial charge in [-0.2, -0.15) is 0 Å². The zero-order valence-electron chi connectivity index (χ0n) is 11.3. The number of rotatable bonds is 13. The lowest BCUT2D eigenvalue weighted by Crippen LogP contribution is -2.33. The van der Waals surface area contributed by atoms with Crippen LogP contribution in [0.4, 0.5) is 0 Å². The van der Waals surface area contributed by atoms with Gasteiger partial charge in [-0.05, 0) is 25.9 Å². The molecular weight excluding hydrogens is 198 g/mol. The Bertz CT molecular complexity index is 104. The van der Waals surface area contributed by atoms with Gasteiger partial charge in [0.1, 0.15) is 0 Å². The van der Waals surface area contributed by atoms with Gasteiger partial charge in [0, 0.05) is 26.2 Å². The van der Waals surface area contributed by atoms with E-state index in [9.17, 15) is 0 Å². The molecule has 0 amide bonds. The number of hydrogen-bond donors (Lipinski definition) is 3. The van der Waals surface area contributed by atoms with E-state index < -0.39 is 0 Å². The monoisotopic (exact) mass is 229 g/mol. The molecule has 0 aromatic carbocycles. The Hall–Kier alpha value is -0.120. The summed E-state index contributed by atoms with van der Waals surface area (Å²) < 4.78 is 0. The lowest BCUT2D eigenvalue weighted by molar-refractivity contribution is 0.560. The van der Waals surface area contributed by atoms with Crippen LogP contribution in [0.25, 0.3) is 0 Å². The summed E-state index contributed by atoms with van der Waals surface area (Å²) in [6.45, 7) is 11.2. The Balaban J connectivity index is 2.83. The molecule has 3 heteroatoms. The minimum Gasteiger partial charge on any atom is -0.315 e. The van der Waals surface area contributed by atoms with Crippen molar-refractivity contribution in [3.05, 3.63) is 0 Å². The molecule has 0 bridgehead atoms. The van der Waals surface area contributed by atoms with Crippen molar-refractivity contribution in [3.8, 4) is 0 Å². The topological polar surface area (TPSA) is 36.1 Å². The fourth-order valence-electron chi connectivity index (χ4n) is 1.53. The molecule has 0 spiro atoms. The highest BCUT2D eigenvalue weighted by atomic mass is 15.0. The quantitative estimate of drug-likeness (QED) is 0.421. The molecule has 0 radical (unpaired) electrons. The molecule has 0 aliphatic carbocycles. The minimum absolute atomic E-state index is 1.08. The molecule has 0 heterocycles. The average Bonchev–Trinajstić information content (AvgIpc) is 2.31. The van der Waals surface area contributed by atoms with Crippen molar-refractivity contribution in [1.29, 1.82) is 0 Å². The van der Waals surface area contributed by atoms with Gasteiger partial charge in [0.15, 0.2) is 0 Å². The van der Waals surface area contributed by atoms with E-state index in [0.717, 1.165) is 32.7 Å². The summed E-state index contributed by atoms with van der Waals surface area (Å²) in [6, 6.07) is 0. The molecule has 0 aliphatic heterocycles. The Kier molecular flexibility index (Phi) is 14.8. The van der Waals surface area contributed by atoms with Crippen molar-refractivity contribution in [2.75, 3.05) is 39.3 Å². The smallest absolute Gasteiger partial charge is 0.00772 e. The van der Waals surface area contributed by atoms with Crippen LogP contribution in [0.3, 0.4) is 0 Å². The van der Waals surface area contributed by atoms with Gasteiger partial charge in [-0.3, -0.25) is 0 Å². The van der Waals surface area contributed by atoms with E-state index in [1.54, 1.807) is 0 Å². The third-order valence-electron chi connectivity index (χ3n) is 2.62. The summed E-state index contributed by atoms with van der Waals surface area (Å²) >= 11 is 0. The SMILES string of the molecule is CCCCCNCCNCCNCCCC. The van der Waals surface area contributed by atoms with Crippen molar-refractivity contribution < 1.29 is 0 Å². The summed E-state index contributed by atoms with van der Waals surface area (Å²) in [5, 5.41) is 10.3. The second-order valence-corrected chi connectivity index (χ2v) is 4.31. The first-order valence-corrected chi connectivity index (χ1v) is 7.04. The van der Waals surface area contributed by atoms with Crippen LogP contribution in [-0.2, 0) is 0 Å². The van der Waals surface area contributed by atoms with Crippen LogP contribution in [0.1, 0.15) is 46.0 Å². The maximum Gasteiger partial charge on any atom is 0.00772 e. The molecule has 16 heavy (non-hydrogen) atoms. The molecule has 3 nitrogen and oxygen atoms in total. The maximum absolute atomic E-state index is 3.45. The molecule has 0 aromatic rings. The van der Waals surface area contributed by atoms with Crippen LogP contribution in [-0.4, -0.2) is 39.3 Å². The zero-order chi connectivity index (χ0) is 11.9. The molecule has 98 valence electrons. The molecule has 0 saturated heterocycles. The van der Waals surface area contributed by atoms with Gasteiger partial charge in [0.25, 0.3) is 0 Å². The van der Waals surface area contributed by atoms with Crippen LogP contribution in [0.15, 0.2) is 0 Å². The number of unbranched alkanes of at least 4 members (excludes halogenated alkanes) is 3. The Morgan fingerprint density at radius 3 is 1.44 bits per heavy atom. The average molecular weight is 229 g/mol. The van der Waals surface area contributed by atoms with Gasteiger partial charge < -0.3 is 16.0 Å². The standard InChI is InChI=1S/C13H31N3/c1-3-5-7-9-15-11-13-16-12-10-14-8-6-4-2/h14-16H,3-13H2,1-2H3. The van der Waals surface area contributed by atoms with E-state index in [4.69, 9.17) is 0 Å². The summed E-state index contributed by atoms with van der Waals surface area (Å²) in [4.78, 5) is 0. The van der Waals surface area contributed by atoms with Crippen LogP contribution in [0.2, 0.25) is 0 Å². The van der Waals surface area contributed by atoms with E-state index in [1.165, 1.54) is 38.6 Å². The minimum atomic E-state index is 1.08. The normalized spacial score (nSPS) is 10.9. The molecule has 0 rings (SSSR count). The fraction of sp³-hybridized carbons (Fsp3) is 1.00. The summed E-state index contributed by atoms with van der Waals surface area (Å²) in [7, 11) is 0. The van der Waals surface area contributed by atoms with Gasteiger partial charge in [-0.25, -0.2) is 0 Å². The van der Waals surface area contributed by atoms with Gasteiger partial charge in [-0.1, -0.05) is 33.1 Å². The van der Waals surface area contributed by atoms with Crippen molar-refractivity contribution in [2.45, 2.75) is 46.0 Å². The van der Waals surface area contributed by atoms with Crippen molar-refractivity contribution in [2.24, 2.45) is 0 Å². The van der Waals surface area contributed by atoms with Gasteiger partial charge >= 0.3 is 0 Å². The lowest BCUT2D eigenvalue weighted by Gasteiger charge is -2.07. The fourth-order valence-corrected chi connectivity index (χ4v) is 1.53. The third kappa shape index (κ3) is 13.9. The van der Waals surface area contributed by atoms with Crippen molar-refractivity contribution in [3.63, 3.8) is 0 Å². The van der Waals surface area contributed by atoms with Crippen LogP contribution in [0.5, 0.6) is 0 Å². The highest BCUT2D eigenvalue weighted by Crippen LogP contribution is 1.90. The molecule has 0 aliphatic rings. The second kappa shape index (κ2) is 14.9. The molecule has 0 fully saturated rings. The summed E-state index contributed by atoms with van der Waals surface area (Å²) in [6.07, 6.45) is 6.54. The van der Waals surface area contributed by atoms with E-state index >= 15 is 0 Å². The molecule has 0 atom stereocenters. The first kappa shape index (κ1) is 15.9. The van der Waals surface area contributed by atoms with Crippen LogP contribution >= 0.6 is 0 Å². The lowest BCUT2D eigenvalue weighted by atomic mass is 10.2. The highest BCUT2D eigenvalue weighted by Gasteiger charge is 1.89. The maximum atomic E-state index is 3.45. The van der Waals surface area contributed by atoms with Gasteiger partial charge in [-0.15, -0.1) is 0 Å². The Morgan fingerprint density at radius 2 is 0.938 bits per heavy atom. The Labute approximate surface area is 102 Å². The molecule has 0 saturated carbocycles. The predicted octanol–water partition coefficient (Wildman–Crippen LogP) is 1.75. The van der Waals surface area contributed by atoms with Crippen molar-refractivity contribution in [1.82, 2.24) is 16.0 Å². The second-order valence-electron chi connectivity index (χ2n) is 4.31. The van der Waals surface area contributed by atoms with E-state index in [-0.39, 0.29) is 0 Å². The Morgan fingerprint density at radius 1 is 0.500 bits per heavy atom. The third-order valence-corrected chi connectivity index (χ3v) is 2.62. The molecule has 0 aromatic heterocycles. The largest absolute Gasteiger partial charge is 0.315 e. The van der Waals surface area contributed by atoms with Crippen molar-refractivity contribution >= 4 is 0 Å². The van der Waals surface area contributed by atoms with Crippen LogP contribution < -0.4 is 16.0 Å². The molecular formula is C13H31N3. The summed E-state index contributed by atoms with van der Waals surface area (Å²) in [5.41, 5.74) is 0. The first-order chi connectivity index (χ1) is 7.91. The highest BCUT2D eigenvalue weighted by molar-refractivity contribution is 4.55.